The summed E-state index contributed by atoms with van der Waals surface area (Å²) in [4.78, 5) is 3.99. The van der Waals surface area contributed by atoms with Crippen LogP contribution in [0.15, 0.2) is 24.5 Å². The SMILES string of the molecule is CC(N)CCSCCc1ccncc1. The first-order chi connectivity index (χ1) is 6.79. The summed E-state index contributed by atoms with van der Waals surface area (Å²) in [6.45, 7) is 2.06. The van der Waals surface area contributed by atoms with E-state index in [1.807, 2.05) is 24.2 Å². The number of aryl methyl sites for hydroxylation is 1. The number of hydrogen-bond donors (Lipinski definition) is 1. The van der Waals surface area contributed by atoms with Crippen molar-refractivity contribution in [2.75, 3.05) is 11.5 Å². The Kier molecular flexibility index (Phi) is 5.64. The summed E-state index contributed by atoms with van der Waals surface area (Å²) in [5.41, 5.74) is 7.03. The maximum Gasteiger partial charge on any atom is 0.0270 e. The van der Waals surface area contributed by atoms with Gasteiger partial charge in [0.1, 0.15) is 0 Å². The summed E-state index contributed by atoms with van der Waals surface area (Å²) in [7, 11) is 0. The van der Waals surface area contributed by atoms with E-state index in [1.165, 1.54) is 17.1 Å². The molecule has 2 N–H and O–H groups in total. The van der Waals surface area contributed by atoms with Crippen LogP contribution in [0.2, 0.25) is 0 Å². The molecular weight excluding hydrogens is 192 g/mol. The molecule has 1 heterocycles. The van der Waals surface area contributed by atoms with E-state index in [0.717, 1.165) is 12.8 Å². The predicted octanol–water partition coefficient (Wildman–Crippen LogP) is 2.09. The zero-order valence-corrected chi connectivity index (χ0v) is 9.46. The van der Waals surface area contributed by atoms with E-state index in [4.69, 9.17) is 5.73 Å². The predicted molar refractivity (Wildman–Crippen MR) is 63.5 cm³/mol. The van der Waals surface area contributed by atoms with Gasteiger partial charge in [0, 0.05) is 18.4 Å². The monoisotopic (exact) mass is 210 g/mol. The molecule has 0 aromatic carbocycles. The van der Waals surface area contributed by atoms with Gasteiger partial charge in [0.2, 0.25) is 0 Å². The number of pyridine rings is 1. The Morgan fingerprint density at radius 3 is 2.71 bits per heavy atom. The van der Waals surface area contributed by atoms with E-state index in [9.17, 15) is 0 Å². The Labute approximate surface area is 90.3 Å². The highest BCUT2D eigenvalue weighted by Gasteiger charge is 1.95. The molecule has 0 saturated heterocycles. The van der Waals surface area contributed by atoms with Crippen LogP contribution in [0, 0.1) is 0 Å². The molecule has 1 unspecified atom stereocenters. The first kappa shape index (κ1) is 11.5. The summed E-state index contributed by atoms with van der Waals surface area (Å²) in [6, 6.07) is 4.49. The number of nitrogens with zero attached hydrogens (tertiary/aromatic N) is 1. The van der Waals surface area contributed by atoms with Crippen LogP contribution in [0.25, 0.3) is 0 Å². The van der Waals surface area contributed by atoms with Crippen molar-refractivity contribution in [3.05, 3.63) is 30.1 Å². The Morgan fingerprint density at radius 2 is 2.07 bits per heavy atom. The van der Waals surface area contributed by atoms with Crippen LogP contribution in [0.4, 0.5) is 0 Å². The molecule has 0 bridgehead atoms. The third-order valence-electron chi connectivity index (χ3n) is 2.00. The van der Waals surface area contributed by atoms with Gasteiger partial charge < -0.3 is 5.73 Å². The van der Waals surface area contributed by atoms with Gasteiger partial charge in [0.25, 0.3) is 0 Å². The lowest BCUT2D eigenvalue weighted by molar-refractivity contribution is 0.721. The summed E-state index contributed by atoms with van der Waals surface area (Å²) in [5.74, 6) is 2.35. The topological polar surface area (TPSA) is 38.9 Å². The minimum absolute atomic E-state index is 0.337. The van der Waals surface area contributed by atoms with Gasteiger partial charge in [0.05, 0.1) is 0 Å². The van der Waals surface area contributed by atoms with Crippen molar-refractivity contribution < 1.29 is 0 Å². The molecular formula is C11H18N2S. The lowest BCUT2D eigenvalue weighted by Crippen LogP contribution is -2.15. The summed E-state index contributed by atoms with van der Waals surface area (Å²) in [6.07, 6.45) is 5.94. The lowest BCUT2D eigenvalue weighted by Gasteiger charge is -2.04. The largest absolute Gasteiger partial charge is 0.328 e. The Bertz CT molecular complexity index is 236. The molecule has 2 nitrogen and oxygen atoms in total. The lowest BCUT2D eigenvalue weighted by atomic mass is 10.2. The van der Waals surface area contributed by atoms with E-state index in [2.05, 4.69) is 24.0 Å². The van der Waals surface area contributed by atoms with Crippen LogP contribution in [0.5, 0.6) is 0 Å². The van der Waals surface area contributed by atoms with Crippen molar-refractivity contribution in [3.63, 3.8) is 0 Å². The molecule has 0 aliphatic heterocycles. The van der Waals surface area contributed by atoms with Crippen LogP contribution >= 0.6 is 11.8 Å². The van der Waals surface area contributed by atoms with Gasteiger partial charge in [-0.3, -0.25) is 4.98 Å². The standard InChI is InChI=1S/C11H18N2S/c1-10(12)4-8-14-9-5-11-2-6-13-7-3-11/h2-3,6-7,10H,4-5,8-9,12H2,1H3. The minimum Gasteiger partial charge on any atom is -0.328 e. The number of nitrogens with two attached hydrogens (primary N) is 1. The fourth-order valence-electron chi connectivity index (χ4n) is 1.11. The average Bonchev–Trinajstić information content (AvgIpc) is 2.18. The fourth-order valence-corrected chi connectivity index (χ4v) is 2.23. The second kappa shape index (κ2) is 6.85. The van der Waals surface area contributed by atoms with Gasteiger partial charge in [-0.2, -0.15) is 11.8 Å². The van der Waals surface area contributed by atoms with Crippen LogP contribution in [-0.2, 0) is 6.42 Å². The van der Waals surface area contributed by atoms with Gasteiger partial charge >= 0.3 is 0 Å². The molecule has 0 radical (unpaired) electrons. The average molecular weight is 210 g/mol. The van der Waals surface area contributed by atoms with Gasteiger partial charge in [-0.05, 0) is 49.0 Å². The molecule has 0 spiro atoms. The minimum atomic E-state index is 0.337. The van der Waals surface area contributed by atoms with Crippen LogP contribution in [-0.4, -0.2) is 22.5 Å². The van der Waals surface area contributed by atoms with Gasteiger partial charge in [-0.15, -0.1) is 0 Å². The van der Waals surface area contributed by atoms with Gasteiger partial charge in [-0.25, -0.2) is 0 Å². The number of aromatic nitrogens is 1. The number of rotatable bonds is 6. The highest BCUT2D eigenvalue weighted by Crippen LogP contribution is 2.08. The van der Waals surface area contributed by atoms with Crippen molar-refractivity contribution in [3.8, 4) is 0 Å². The maximum atomic E-state index is 5.66. The molecule has 0 aliphatic rings. The normalized spacial score (nSPS) is 12.7. The molecule has 1 atom stereocenters. The molecule has 78 valence electrons. The highest BCUT2D eigenvalue weighted by atomic mass is 32.2. The molecule has 3 heteroatoms. The van der Waals surface area contributed by atoms with E-state index >= 15 is 0 Å². The quantitative estimate of drug-likeness (QED) is 0.731. The smallest absolute Gasteiger partial charge is 0.0270 e. The molecule has 0 saturated carbocycles. The Hall–Kier alpha value is -0.540. The zero-order valence-electron chi connectivity index (χ0n) is 8.65. The molecule has 14 heavy (non-hydrogen) atoms. The van der Waals surface area contributed by atoms with Gasteiger partial charge in [-0.1, -0.05) is 0 Å². The molecule has 0 amide bonds. The maximum absolute atomic E-state index is 5.66. The third-order valence-corrected chi connectivity index (χ3v) is 3.02. The molecule has 1 rings (SSSR count). The highest BCUT2D eigenvalue weighted by molar-refractivity contribution is 7.99. The van der Waals surface area contributed by atoms with Crippen molar-refractivity contribution in [2.24, 2.45) is 5.73 Å². The Balaban J connectivity index is 2.05. The van der Waals surface area contributed by atoms with E-state index in [1.54, 1.807) is 0 Å². The Morgan fingerprint density at radius 1 is 1.36 bits per heavy atom. The van der Waals surface area contributed by atoms with Crippen molar-refractivity contribution >= 4 is 11.8 Å². The second-order valence-corrected chi connectivity index (χ2v) is 4.71. The van der Waals surface area contributed by atoms with Crippen molar-refractivity contribution in [1.29, 1.82) is 0 Å². The van der Waals surface area contributed by atoms with Crippen LogP contribution < -0.4 is 5.73 Å². The van der Waals surface area contributed by atoms with Crippen LogP contribution in [0.3, 0.4) is 0 Å². The van der Waals surface area contributed by atoms with Crippen molar-refractivity contribution in [2.45, 2.75) is 25.8 Å². The fraction of sp³-hybridized carbons (Fsp3) is 0.545. The molecule has 0 fully saturated rings. The molecule has 1 aromatic rings. The van der Waals surface area contributed by atoms with Crippen LogP contribution in [0.1, 0.15) is 18.9 Å². The summed E-state index contributed by atoms with van der Waals surface area (Å²) >= 11 is 1.98. The molecule has 0 aliphatic carbocycles. The molecule has 1 aromatic heterocycles. The van der Waals surface area contributed by atoms with Gasteiger partial charge in [0.15, 0.2) is 0 Å². The van der Waals surface area contributed by atoms with E-state index in [-0.39, 0.29) is 0 Å². The summed E-state index contributed by atoms with van der Waals surface area (Å²) < 4.78 is 0. The third kappa shape index (κ3) is 5.25. The number of hydrogen-bond acceptors (Lipinski definition) is 3. The summed E-state index contributed by atoms with van der Waals surface area (Å²) in [5, 5.41) is 0. The second-order valence-electron chi connectivity index (χ2n) is 3.48. The van der Waals surface area contributed by atoms with E-state index in [0.29, 0.717) is 6.04 Å². The first-order valence-electron chi connectivity index (χ1n) is 5.01. The zero-order chi connectivity index (χ0) is 10.2. The van der Waals surface area contributed by atoms with E-state index < -0.39 is 0 Å². The first-order valence-corrected chi connectivity index (χ1v) is 6.16. The number of thioether (sulfide) groups is 1. The van der Waals surface area contributed by atoms with Crippen molar-refractivity contribution in [1.82, 2.24) is 4.98 Å².